The molecule has 444 valence electrons. The van der Waals surface area contributed by atoms with Gasteiger partial charge in [0.05, 0.1) is 25.4 Å². The maximum absolute atomic E-state index is 13.2. The molecule has 0 aromatic carbocycles. The highest BCUT2D eigenvalue weighted by Crippen LogP contribution is 2.26. The van der Waals surface area contributed by atoms with Crippen LogP contribution in [-0.2, 0) is 28.9 Å². The summed E-state index contributed by atoms with van der Waals surface area (Å²) in [4.78, 5) is 13.2. The van der Waals surface area contributed by atoms with Crippen molar-refractivity contribution in [2.45, 2.75) is 352 Å². The van der Waals surface area contributed by atoms with Gasteiger partial charge in [-0.3, -0.25) is 9.35 Å². The number of aliphatic hydroxyl groups is 4. The zero-order valence-electron chi connectivity index (χ0n) is 48.4. The highest BCUT2D eigenvalue weighted by atomic mass is 32.3. The lowest BCUT2D eigenvalue weighted by Crippen LogP contribution is -2.61. The number of amides is 1. The van der Waals surface area contributed by atoms with Crippen LogP contribution in [0.25, 0.3) is 0 Å². The summed E-state index contributed by atoms with van der Waals surface area (Å²) in [7, 11) is -5.09. The highest BCUT2D eigenvalue weighted by Gasteiger charge is 2.48. The third-order valence-corrected chi connectivity index (χ3v) is 15.7. The first-order valence-corrected chi connectivity index (χ1v) is 33.1. The third kappa shape index (κ3) is 44.1. The Balaban J connectivity index is 2.29. The van der Waals surface area contributed by atoms with E-state index in [0.29, 0.717) is 6.42 Å². The van der Waals surface area contributed by atoms with Crippen molar-refractivity contribution in [2.75, 3.05) is 13.2 Å². The fourth-order valence-electron chi connectivity index (χ4n) is 10.3. The van der Waals surface area contributed by atoms with Crippen molar-refractivity contribution < 1.29 is 51.8 Å². The molecule has 0 spiro atoms. The molecule has 1 rings (SSSR count). The van der Waals surface area contributed by atoms with E-state index in [1.807, 2.05) is 6.08 Å². The summed E-state index contributed by atoms with van der Waals surface area (Å²) < 4.78 is 47.9. The first-order valence-electron chi connectivity index (χ1n) is 31.7. The molecular weight excluding hydrogens is 967 g/mol. The summed E-state index contributed by atoms with van der Waals surface area (Å²) >= 11 is 0. The molecule has 0 aromatic rings. The molecule has 0 bridgehead atoms. The monoisotopic (exact) mass is 1090 g/mol. The quantitative estimate of drug-likeness (QED) is 0.0193. The van der Waals surface area contributed by atoms with Gasteiger partial charge in [0.25, 0.3) is 0 Å². The van der Waals surface area contributed by atoms with Crippen LogP contribution in [0.5, 0.6) is 0 Å². The minimum absolute atomic E-state index is 0.257. The molecule has 1 saturated heterocycles. The molecule has 0 aromatic heterocycles. The lowest BCUT2D eigenvalue weighted by molar-refractivity contribution is -0.298. The van der Waals surface area contributed by atoms with E-state index in [0.717, 1.165) is 38.5 Å². The Hall–Kier alpha value is -1.42. The number of hydrogen-bond donors (Lipinski definition) is 6. The predicted molar refractivity (Wildman–Crippen MR) is 310 cm³/mol. The van der Waals surface area contributed by atoms with Crippen LogP contribution in [0.15, 0.2) is 24.3 Å². The van der Waals surface area contributed by atoms with Crippen molar-refractivity contribution in [2.24, 2.45) is 0 Å². The van der Waals surface area contributed by atoms with Gasteiger partial charge in [-0.2, -0.15) is 8.42 Å². The van der Waals surface area contributed by atoms with E-state index in [-0.39, 0.29) is 18.9 Å². The Labute approximate surface area is 461 Å². The average Bonchev–Trinajstić information content (AvgIpc) is 3.39. The van der Waals surface area contributed by atoms with E-state index in [1.165, 1.54) is 244 Å². The first kappa shape index (κ1) is 71.6. The molecular formula is C62H119NO11S. The lowest BCUT2D eigenvalue weighted by atomic mass is 9.99. The topological polar surface area (TPSA) is 192 Å². The molecule has 6 N–H and O–H groups in total. The smallest absolute Gasteiger partial charge is 0.394 e. The van der Waals surface area contributed by atoms with Crippen molar-refractivity contribution in [3.63, 3.8) is 0 Å². The Bertz CT molecular complexity index is 1420. The number of aliphatic hydroxyl groups excluding tert-OH is 4. The van der Waals surface area contributed by atoms with Gasteiger partial charge in [-0.05, 0) is 44.9 Å². The van der Waals surface area contributed by atoms with Gasteiger partial charge >= 0.3 is 10.4 Å². The van der Waals surface area contributed by atoms with Crippen molar-refractivity contribution in [1.29, 1.82) is 0 Å². The van der Waals surface area contributed by atoms with Gasteiger partial charge < -0.3 is 35.2 Å². The van der Waals surface area contributed by atoms with Gasteiger partial charge in [0.15, 0.2) is 6.29 Å². The number of rotatable bonds is 56. The molecule has 1 amide bonds. The second-order valence-corrected chi connectivity index (χ2v) is 23.4. The lowest BCUT2D eigenvalue weighted by Gasteiger charge is -2.41. The highest BCUT2D eigenvalue weighted by molar-refractivity contribution is 7.80. The molecule has 7 unspecified atom stereocenters. The number of nitrogens with one attached hydrogen (secondary N) is 1. The maximum atomic E-state index is 13.2. The van der Waals surface area contributed by atoms with Crippen molar-refractivity contribution in [3.8, 4) is 0 Å². The summed E-state index contributed by atoms with van der Waals surface area (Å²) in [6.07, 6.45) is 56.6. The molecule has 0 radical (unpaired) electrons. The third-order valence-electron chi connectivity index (χ3n) is 15.2. The van der Waals surface area contributed by atoms with Crippen LogP contribution in [0.3, 0.4) is 0 Å². The predicted octanol–water partition coefficient (Wildman–Crippen LogP) is 15.6. The first-order chi connectivity index (χ1) is 36.5. The van der Waals surface area contributed by atoms with Gasteiger partial charge in [-0.1, -0.05) is 282 Å². The Morgan fingerprint density at radius 3 is 1.20 bits per heavy atom. The van der Waals surface area contributed by atoms with Gasteiger partial charge in [-0.15, -0.1) is 0 Å². The standard InChI is InChI=1S/C62H119NO11S/c1-3-5-7-9-11-13-15-17-19-21-23-24-25-26-27-28-29-30-31-32-34-36-38-40-42-44-46-48-50-52-58(66)63-55(54-72-62-60(68)61(74-75(69,70)71)59(67)57(53-64)73-62)56(65)51-49-47-45-43-41-39-37-35-33-22-20-18-16-14-12-10-8-6-4-2/h26-27,49,51,55-57,59-62,64-65,67-68H,3-25,28-48,50,52-54H2,1-2H3,(H,63,66)(H,69,70,71)/b27-26-,51-49+. The van der Waals surface area contributed by atoms with E-state index in [2.05, 4.69) is 35.5 Å². The normalized spacial score (nSPS) is 19.2. The molecule has 1 aliphatic heterocycles. The van der Waals surface area contributed by atoms with Crippen molar-refractivity contribution in [1.82, 2.24) is 5.32 Å². The van der Waals surface area contributed by atoms with Gasteiger partial charge in [0.1, 0.15) is 24.4 Å². The molecule has 75 heavy (non-hydrogen) atoms. The Morgan fingerprint density at radius 1 is 0.520 bits per heavy atom. The summed E-state index contributed by atoms with van der Waals surface area (Å²) in [5.74, 6) is -0.257. The van der Waals surface area contributed by atoms with Crippen LogP contribution in [0, 0.1) is 0 Å². The van der Waals surface area contributed by atoms with Gasteiger partial charge in [0, 0.05) is 6.42 Å². The SMILES string of the molecule is CCCCCCCCCCCCCC/C=C\CCCCCCCCCCCCCCCC(=O)NC(COC1OC(CO)C(O)C(OS(=O)(=O)O)C1O)C(O)/C=C/CCCCCCCCCCCCCCCCCCC. The molecule has 12 nitrogen and oxygen atoms in total. The van der Waals surface area contributed by atoms with Crippen molar-refractivity contribution >= 4 is 16.3 Å². The molecule has 7 atom stereocenters. The maximum Gasteiger partial charge on any atom is 0.397 e. The number of unbranched alkanes of at least 4 members (excludes halogenated alkanes) is 42. The zero-order chi connectivity index (χ0) is 54.7. The van der Waals surface area contributed by atoms with E-state index in [4.69, 9.17) is 9.47 Å². The van der Waals surface area contributed by atoms with Crippen LogP contribution in [0.4, 0.5) is 0 Å². The molecule has 1 fully saturated rings. The molecule has 1 heterocycles. The number of ether oxygens (including phenoxy) is 2. The molecule has 13 heteroatoms. The number of hydrogen-bond acceptors (Lipinski definition) is 10. The fraction of sp³-hybridized carbons (Fsp3) is 0.919. The Morgan fingerprint density at radius 2 is 0.853 bits per heavy atom. The Kier molecular flexibility index (Phi) is 49.6. The van der Waals surface area contributed by atoms with Crippen LogP contribution >= 0.6 is 0 Å². The van der Waals surface area contributed by atoms with Crippen LogP contribution in [0.1, 0.15) is 309 Å². The van der Waals surface area contributed by atoms with Gasteiger partial charge in [0.2, 0.25) is 5.91 Å². The van der Waals surface area contributed by atoms with E-state index >= 15 is 0 Å². The number of carbonyl (C=O) groups excluding carboxylic acids is 1. The summed E-state index contributed by atoms with van der Waals surface area (Å²) in [6.45, 7) is 3.44. The average molecular weight is 1090 g/mol. The second kappa shape index (κ2) is 52.0. The number of allylic oxidation sites excluding steroid dienone is 3. The van der Waals surface area contributed by atoms with E-state index in [1.54, 1.807) is 6.08 Å². The molecule has 1 aliphatic rings. The largest absolute Gasteiger partial charge is 0.397 e. The molecule has 0 aliphatic carbocycles. The summed E-state index contributed by atoms with van der Waals surface area (Å²) in [6, 6.07) is -0.943. The van der Waals surface area contributed by atoms with E-state index in [9.17, 15) is 38.2 Å². The summed E-state index contributed by atoms with van der Waals surface area (Å²) in [5, 5.41) is 45.0. The van der Waals surface area contributed by atoms with Crippen LogP contribution in [0.2, 0.25) is 0 Å². The van der Waals surface area contributed by atoms with Crippen LogP contribution in [-0.4, -0.2) is 95.4 Å². The van der Waals surface area contributed by atoms with Crippen LogP contribution < -0.4 is 5.32 Å². The summed E-state index contributed by atoms with van der Waals surface area (Å²) in [5.41, 5.74) is 0. The minimum atomic E-state index is -5.09. The van der Waals surface area contributed by atoms with Gasteiger partial charge in [-0.25, -0.2) is 4.18 Å². The number of carbonyl (C=O) groups is 1. The minimum Gasteiger partial charge on any atom is -0.394 e. The second-order valence-electron chi connectivity index (χ2n) is 22.4. The van der Waals surface area contributed by atoms with Crippen molar-refractivity contribution in [3.05, 3.63) is 24.3 Å². The fourth-order valence-corrected chi connectivity index (χ4v) is 10.8. The zero-order valence-corrected chi connectivity index (χ0v) is 49.2. The van der Waals surface area contributed by atoms with E-state index < -0.39 is 59.9 Å². The molecule has 0 saturated carbocycles.